The molecular weight excluding hydrogens is 636 g/mol. The quantitative estimate of drug-likeness (QED) is 0.155. The van der Waals surface area contributed by atoms with Gasteiger partial charge in [-0.1, -0.05) is 50.3 Å². The number of rotatable bonds is 12. The summed E-state index contributed by atoms with van der Waals surface area (Å²) in [5, 5.41) is 30.4. The molecule has 5 aliphatic rings. The van der Waals surface area contributed by atoms with E-state index in [2.05, 4.69) is 0 Å². The lowest BCUT2D eigenvalue weighted by atomic mass is 9.57. The number of ether oxygens (including phenoxy) is 6. The van der Waals surface area contributed by atoms with Gasteiger partial charge in [0, 0.05) is 55.5 Å². The van der Waals surface area contributed by atoms with Crippen LogP contribution in [0.1, 0.15) is 59.8 Å². The standard InChI is InChI=1S/C37H52O12/c1-20-18-21(2)37-26(10-11-27-29(37)30(40)22(3)32(33(27)49-37)48-34(41)25-8-6-7-9-25)19-28(44-5)35(42)47-31(20)23(4)46-36(43)45-17-14-24(12-15-38)13-16-39/h6-8,10-11,18,20,22-24,26-33,38-40H,9,12-17,19H2,1-5H3/b21-18+/t20-,22-,23-,26?,27-,28+,29+,30-,31+,32-,33-,37+/m1/s1. The minimum absolute atomic E-state index is 0.000824. The van der Waals surface area contributed by atoms with Gasteiger partial charge in [-0.2, -0.15) is 0 Å². The van der Waals surface area contributed by atoms with E-state index in [1.54, 1.807) is 13.0 Å². The van der Waals surface area contributed by atoms with Crippen LogP contribution in [0.15, 0.2) is 47.6 Å². The highest BCUT2D eigenvalue weighted by molar-refractivity contribution is 5.90. The molecule has 12 atom stereocenters. The van der Waals surface area contributed by atoms with Crippen LogP contribution in [0.2, 0.25) is 0 Å². The zero-order valence-electron chi connectivity index (χ0n) is 29.1. The van der Waals surface area contributed by atoms with Crippen LogP contribution in [-0.4, -0.2) is 103 Å². The molecule has 0 amide bonds. The van der Waals surface area contributed by atoms with Gasteiger partial charge < -0.3 is 43.7 Å². The average molecular weight is 689 g/mol. The van der Waals surface area contributed by atoms with Crippen LogP contribution in [0.3, 0.4) is 0 Å². The molecule has 1 spiro atoms. The average Bonchev–Trinajstić information content (AvgIpc) is 3.67. The highest BCUT2D eigenvalue weighted by atomic mass is 16.7. The van der Waals surface area contributed by atoms with Crippen molar-refractivity contribution in [3.05, 3.63) is 47.6 Å². The van der Waals surface area contributed by atoms with Crippen LogP contribution in [0.5, 0.6) is 0 Å². The fourth-order valence-electron chi connectivity index (χ4n) is 8.64. The molecule has 1 unspecified atom stereocenters. The van der Waals surface area contributed by atoms with Crippen molar-refractivity contribution in [2.75, 3.05) is 26.9 Å². The van der Waals surface area contributed by atoms with Crippen molar-refractivity contribution < 1.29 is 58.1 Å². The molecule has 2 fully saturated rings. The number of hydrogen-bond donors (Lipinski definition) is 3. The maximum absolute atomic E-state index is 13.6. The van der Waals surface area contributed by atoms with Gasteiger partial charge in [0.05, 0.1) is 12.7 Å². The summed E-state index contributed by atoms with van der Waals surface area (Å²) in [4.78, 5) is 39.4. The van der Waals surface area contributed by atoms with Crippen molar-refractivity contribution in [2.45, 2.75) is 102 Å². The van der Waals surface area contributed by atoms with Gasteiger partial charge in [0.25, 0.3) is 0 Å². The molecular formula is C37H52O12. The first kappa shape index (κ1) is 37.2. The summed E-state index contributed by atoms with van der Waals surface area (Å²) in [6, 6.07) is 0. The van der Waals surface area contributed by atoms with Crippen molar-refractivity contribution in [1.29, 1.82) is 0 Å². The molecule has 12 heteroatoms. The molecule has 0 aromatic carbocycles. The zero-order chi connectivity index (χ0) is 35.5. The fraction of sp³-hybridized carbons (Fsp3) is 0.703. The Hall–Kier alpha value is -3.03. The van der Waals surface area contributed by atoms with E-state index < -0.39 is 72.2 Å². The number of aliphatic hydroxyl groups excluding tert-OH is 3. The van der Waals surface area contributed by atoms with Crippen molar-refractivity contribution in [1.82, 2.24) is 0 Å². The molecule has 4 bridgehead atoms. The van der Waals surface area contributed by atoms with Gasteiger partial charge in [-0.3, -0.25) is 0 Å². The van der Waals surface area contributed by atoms with Crippen LogP contribution >= 0.6 is 0 Å². The van der Waals surface area contributed by atoms with Gasteiger partial charge >= 0.3 is 18.1 Å². The number of carbonyl (C=O) groups is 3. The fourth-order valence-corrected chi connectivity index (χ4v) is 8.64. The van der Waals surface area contributed by atoms with E-state index in [1.807, 2.05) is 51.2 Å². The maximum atomic E-state index is 13.6. The topological polar surface area (TPSA) is 167 Å². The Morgan fingerprint density at radius 1 is 1.12 bits per heavy atom. The van der Waals surface area contributed by atoms with Gasteiger partial charge in [0.15, 0.2) is 6.10 Å². The third kappa shape index (κ3) is 7.39. The first-order valence-electron chi connectivity index (χ1n) is 17.5. The first-order valence-corrected chi connectivity index (χ1v) is 17.5. The van der Waals surface area contributed by atoms with E-state index in [-0.39, 0.29) is 49.9 Å². The lowest BCUT2D eigenvalue weighted by molar-refractivity contribution is -0.174. The molecule has 0 aromatic rings. The van der Waals surface area contributed by atoms with Crippen molar-refractivity contribution in [3.8, 4) is 0 Å². The Labute approximate surface area is 288 Å². The summed E-state index contributed by atoms with van der Waals surface area (Å²) < 4.78 is 35.7. The number of esters is 2. The van der Waals surface area contributed by atoms with Crippen LogP contribution in [0, 0.1) is 35.5 Å². The van der Waals surface area contributed by atoms with Gasteiger partial charge in [-0.05, 0) is 57.4 Å². The summed E-state index contributed by atoms with van der Waals surface area (Å²) in [5.74, 6) is -2.87. The second-order valence-electron chi connectivity index (χ2n) is 14.2. The lowest BCUT2D eigenvalue weighted by Gasteiger charge is -2.49. The van der Waals surface area contributed by atoms with Crippen LogP contribution in [-0.2, 0) is 38.0 Å². The molecule has 12 nitrogen and oxygen atoms in total. The van der Waals surface area contributed by atoms with Crippen LogP contribution in [0.25, 0.3) is 0 Å². The molecule has 2 heterocycles. The molecule has 1 saturated heterocycles. The number of carbonyl (C=O) groups excluding carboxylic acids is 3. The zero-order valence-corrected chi connectivity index (χ0v) is 29.1. The largest absolute Gasteiger partial charge is 0.508 e. The third-order valence-corrected chi connectivity index (χ3v) is 11.2. The number of methoxy groups -OCH3 is 1. The normalized spacial score (nSPS) is 38.2. The van der Waals surface area contributed by atoms with E-state index >= 15 is 0 Å². The molecule has 0 radical (unpaired) electrons. The van der Waals surface area contributed by atoms with Crippen molar-refractivity contribution in [2.24, 2.45) is 35.5 Å². The second kappa shape index (κ2) is 15.9. The second-order valence-corrected chi connectivity index (χ2v) is 14.2. The monoisotopic (exact) mass is 688 g/mol. The van der Waals surface area contributed by atoms with Crippen LogP contribution in [0.4, 0.5) is 4.79 Å². The van der Waals surface area contributed by atoms with E-state index in [4.69, 9.17) is 28.4 Å². The van der Waals surface area contributed by atoms with Gasteiger partial charge in [0.1, 0.15) is 30.0 Å². The predicted molar refractivity (Wildman–Crippen MR) is 176 cm³/mol. The molecule has 49 heavy (non-hydrogen) atoms. The maximum Gasteiger partial charge on any atom is 0.508 e. The summed E-state index contributed by atoms with van der Waals surface area (Å²) in [7, 11) is 1.44. The van der Waals surface area contributed by atoms with Gasteiger partial charge in [0.2, 0.25) is 0 Å². The van der Waals surface area contributed by atoms with E-state index in [9.17, 15) is 29.7 Å². The molecule has 1 saturated carbocycles. The smallest absolute Gasteiger partial charge is 0.456 e. The lowest BCUT2D eigenvalue weighted by Crippen LogP contribution is -2.57. The Balaban J connectivity index is 1.39. The molecule has 2 aliphatic heterocycles. The molecule has 3 N–H and O–H groups in total. The number of aliphatic hydroxyl groups is 3. The van der Waals surface area contributed by atoms with Crippen molar-refractivity contribution in [3.63, 3.8) is 0 Å². The summed E-state index contributed by atoms with van der Waals surface area (Å²) >= 11 is 0. The Bertz CT molecular complexity index is 1330. The van der Waals surface area contributed by atoms with Crippen molar-refractivity contribution >= 4 is 18.1 Å². The van der Waals surface area contributed by atoms with E-state index in [1.165, 1.54) is 7.11 Å². The Kier molecular flexibility index (Phi) is 12.1. The number of hydrogen-bond acceptors (Lipinski definition) is 12. The molecule has 272 valence electrons. The summed E-state index contributed by atoms with van der Waals surface area (Å²) in [6.45, 7) is 7.32. The minimum atomic E-state index is -1.02. The highest BCUT2D eigenvalue weighted by Crippen LogP contribution is 2.61. The SMILES string of the molecule is CO[C@H]1CC2C=C[C@H]3[C@H]4O[C@]2(/C(C)=C/[C@@H](C)[C@@H]([C@@H](C)OC(=O)OCCC(CCO)CCO)OC1=O)[C@@H]3[C@H](O)[C@@H](C)[C@H]4OC(=O)C1=CC=CC1. The first-order chi connectivity index (χ1) is 23.5. The van der Waals surface area contributed by atoms with Gasteiger partial charge in [-0.15, -0.1) is 0 Å². The predicted octanol–water partition coefficient (Wildman–Crippen LogP) is 3.58. The number of cyclic esters (lactones) is 1. The summed E-state index contributed by atoms with van der Waals surface area (Å²) in [6.07, 6.45) is 7.82. The third-order valence-electron chi connectivity index (χ3n) is 11.2. The molecule has 0 aromatic heterocycles. The minimum Gasteiger partial charge on any atom is -0.456 e. The highest BCUT2D eigenvalue weighted by Gasteiger charge is 2.69. The Morgan fingerprint density at radius 2 is 1.86 bits per heavy atom. The van der Waals surface area contributed by atoms with Crippen LogP contribution < -0.4 is 0 Å². The van der Waals surface area contributed by atoms with E-state index in [0.29, 0.717) is 31.3 Å². The number of allylic oxidation sites excluding steroid dienone is 3. The molecule has 3 aliphatic carbocycles. The Morgan fingerprint density at radius 3 is 2.51 bits per heavy atom. The molecule has 5 rings (SSSR count). The summed E-state index contributed by atoms with van der Waals surface area (Å²) in [5.41, 5.74) is 0.364. The van der Waals surface area contributed by atoms with E-state index in [0.717, 1.165) is 5.57 Å². The van der Waals surface area contributed by atoms with Gasteiger partial charge in [-0.25, -0.2) is 14.4 Å².